The lowest BCUT2D eigenvalue weighted by atomic mass is 9.99. The van der Waals surface area contributed by atoms with Crippen LogP contribution in [0.15, 0.2) is 0 Å². The molecule has 0 saturated carbocycles. The molecule has 0 aromatic rings. The number of Topliss-reactive ketones (excluding diaryl/α,β-unsaturated/α-hetero) is 1. The number of hydrogen-bond donors (Lipinski definition) is 2. The molecule has 10 heavy (non-hydrogen) atoms. The number of nitrogens with two attached hydrogens (primary N) is 1. The highest BCUT2D eigenvalue weighted by molar-refractivity contribution is 5.85. The first-order chi connectivity index (χ1) is 4.46. The summed E-state index contributed by atoms with van der Waals surface area (Å²) in [6.07, 6.45) is 0. The van der Waals surface area contributed by atoms with E-state index in [2.05, 4.69) is 0 Å². The van der Waals surface area contributed by atoms with Gasteiger partial charge in [-0.15, -0.1) is 0 Å². The monoisotopic (exact) mass is 145 g/mol. The van der Waals surface area contributed by atoms with Crippen LogP contribution in [0, 0.1) is 5.92 Å². The fraction of sp³-hybridized carbons (Fsp3) is 0.667. The molecule has 0 aromatic carbocycles. The molecule has 0 spiro atoms. The summed E-state index contributed by atoms with van der Waals surface area (Å²) in [5.41, 5.74) is 5.14. The highest BCUT2D eigenvalue weighted by Gasteiger charge is 2.22. The minimum atomic E-state index is -1.14. The molecule has 0 aromatic heterocycles. The number of hydrogen-bond acceptors (Lipinski definition) is 3. The van der Waals surface area contributed by atoms with E-state index in [1.807, 2.05) is 0 Å². The van der Waals surface area contributed by atoms with E-state index in [-0.39, 0.29) is 5.78 Å². The molecule has 0 fully saturated rings. The topological polar surface area (TPSA) is 80.4 Å². The van der Waals surface area contributed by atoms with Gasteiger partial charge in [-0.3, -0.25) is 9.59 Å². The van der Waals surface area contributed by atoms with Crippen molar-refractivity contribution in [1.29, 1.82) is 0 Å². The van der Waals surface area contributed by atoms with Crippen LogP contribution in [0.5, 0.6) is 0 Å². The Morgan fingerprint density at radius 2 is 1.90 bits per heavy atom. The van der Waals surface area contributed by atoms with Crippen molar-refractivity contribution in [3.8, 4) is 0 Å². The number of carbonyl (C=O) groups excluding carboxylic acids is 1. The summed E-state index contributed by atoms with van der Waals surface area (Å²) >= 11 is 0. The lowest BCUT2D eigenvalue weighted by molar-refractivity contribution is -0.141. The largest absolute Gasteiger partial charge is 0.480 e. The summed E-state index contributed by atoms with van der Waals surface area (Å²) in [6, 6.07) is -1.07. The Morgan fingerprint density at radius 3 is 2.00 bits per heavy atom. The van der Waals surface area contributed by atoms with Crippen LogP contribution in [0.25, 0.3) is 0 Å². The smallest absolute Gasteiger partial charge is 0.321 e. The van der Waals surface area contributed by atoms with Gasteiger partial charge in [-0.25, -0.2) is 0 Å². The third kappa shape index (κ3) is 2.14. The third-order valence-electron chi connectivity index (χ3n) is 1.47. The van der Waals surface area contributed by atoms with Crippen LogP contribution in [0.3, 0.4) is 0 Å². The maximum atomic E-state index is 10.5. The van der Waals surface area contributed by atoms with Crippen LogP contribution in [-0.4, -0.2) is 22.9 Å². The van der Waals surface area contributed by atoms with Gasteiger partial charge in [0.05, 0.1) is 0 Å². The van der Waals surface area contributed by atoms with Crippen LogP contribution in [0.2, 0.25) is 0 Å². The van der Waals surface area contributed by atoms with E-state index in [9.17, 15) is 9.59 Å². The number of carboxylic acid groups (broad SMARTS) is 1. The Balaban J connectivity index is 4.07. The highest BCUT2D eigenvalue weighted by Crippen LogP contribution is 2.00. The van der Waals surface area contributed by atoms with E-state index in [1.54, 1.807) is 0 Å². The summed E-state index contributed by atoms with van der Waals surface area (Å²) in [6.45, 7) is 2.83. The molecule has 0 aliphatic rings. The highest BCUT2D eigenvalue weighted by atomic mass is 16.4. The third-order valence-corrected chi connectivity index (χ3v) is 1.47. The van der Waals surface area contributed by atoms with Crippen molar-refractivity contribution in [2.24, 2.45) is 11.7 Å². The molecule has 4 nitrogen and oxygen atoms in total. The molecule has 0 radical (unpaired) electrons. The minimum absolute atomic E-state index is 0.199. The summed E-state index contributed by atoms with van der Waals surface area (Å²) < 4.78 is 0. The average molecular weight is 145 g/mol. The normalized spacial score (nSPS) is 15.9. The molecule has 0 rings (SSSR count). The number of carbonyl (C=O) groups is 2. The Hall–Kier alpha value is -0.900. The number of aliphatic carboxylic acids is 1. The van der Waals surface area contributed by atoms with Crippen molar-refractivity contribution < 1.29 is 14.7 Å². The van der Waals surface area contributed by atoms with Crippen LogP contribution in [0.1, 0.15) is 13.8 Å². The van der Waals surface area contributed by atoms with Crippen LogP contribution in [0.4, 0.5) is 0 Å². The van der Waals surface area contributed by atoms with Gasteiger partial charge in [-0.1, -0.05) is 6.92 Å². The van der Waals surface area contributed by atoms with Gasteiger partial charge < -0.3 is 10.8 Å². The molecule has 2 atom stereocenters. The first kappa shape index (κ1) is 9.10. The first-order valence-electron chi connectivity index (χ1n) is 2.95. The molecule has 1 unspecified atom stereocenters. The summed E-state index contributed by atoms with van der Waals surface area (Å²) in [5.74, 6) is -1.94. The van der Waals surface area contributed by atoms with Crippen molar-refractivity contribution >= 4 is 11.8 Å². The fourth-order valence-corrected chi connectivity index (χ4v) is 0.467. The maximum Gasteiger partial charge on any atom is 0.321 e. The molecule has 58 valence electrons. The van der Waals surface area contributed by atoms with E-state index in [1.165, 1.54) is 13.8 Å². The molecule has 3 N–H and O–H groups in total. The molecule has 0 aliphatic carbocycles. The quantitative estimate of drug-likeness (QED) is 0.567. The SMILES string of the molecule is CC(=O)[C@H](C)C(N)C(=O)O. The Morgan fingerprint density at radius 1 is 1.50 bits per heavy atom. The number of carboxylic acids is 1. The van der Waals surface area contributed by atoms with Gasteiger partial charge >= 0.3 is 5.97 Å². The van der Waals surface area contributed by atoms with Gasteiger partial charge in [0.25, 0.3) is 0 Å². The predicted molar refractivity (Wildman–Crippen MR) is 35.5 cm³/mol. The van der Waals surface area contributed by atoms with Gasteiger partial charge in [0.1, 0.15) is 11.8 Å². The van der Waals surface area contributed by atoms with Gasteiger partial charge in [-0.05, 0) is 6.92 Å². The second kappa shape index (κ2) is 3.31. The zero-order chi connectivity index (χ0) is 8.31. The molecule has 0 saturated heterocycles. The van der Waals surface area contributed by atoms with Crippen molar-refractivity contribution in [2.75, 3.05) is 0 Å². The molecule has 0 aliphatic heterocycles. The maximum absolute atomic E-state index is 10.5. The van der Waals surface area contributed by atoms with E-state index >= 15 is 0 Å². The molecule has 0 heterocycles. The summed E-state index contributed by atoms with van der Waals surface area (Å²) in [4.78, 5) is 20.7. The van der Waals surface area contributed by atoms with Crippen LogP contribution >= 0.6 is 0 Å². The Labute approximate surface area is 59.0 Å². The molecule has 0 bridgehead atoms. The van der Waals surface area contributed by atoms with Crippen molar-refractivity contribution in [3.63, 3.8) is 0 Å². The molecule has 0 amide bonds. The number of ketones is 1. The van der Waals surface area contributed by atoms with Gasteiger partial charge in [-0.2, -0.15) is 0 Å². The summed E-state index contributed by atoms with van der Waals surface area (Å²) in [7, 11) is 0. The molecular weight excluding hydrogens is 134 g/mol. The summed E-state index contributed by atoms with van der Waals surface area (Å²) in [5, 5.41) is 8.32. The second-order valence-corrected chi connectivity index (χ2v) is 2.26. The van der Waals surface area contributed by atoms with Gasteiger partial charge in [0, 0.05) is 5.92 Å². The lowest BCUT2D eigenvalue weighted by Gasteiger charge is -2.11. The second-order valence-electron chi connectivity index (χ2n) is 2.26. The fourth-order valence-electron chi connectivity index (χ4n) is 0.467. The molecular formula is C6H11NO3. The zero-order valence-electron chi connectivity index (χ0n) is 6.00. The van der Waals surface area contributed by atoms with Gasteiger partial charge in [0.2, 0.25) is 0 Å². The van der Waals surface area contributed by atoms with Crippen LogP contribution in [-0.2, 0) is 9.59 Å². The Bertz CT molecular complexity index is 137. The lowest BCUT2D eigenvalue weighted by Crippen LogP contribution is -2.39. The van der Waals surface area contributed by atoms with Crippen molar-refractivity contribution in [1.82, 2.24) is 0 Å². The van der Waals surface area contributed by atoms with E-state index in [0.717, 1.165) is 0 Å². The van der Waals surface area contributed by atoms with Gasteiger partial charge in [0.15, 0.2) is 0 Å². The average Bonchev–Trinajstić information content (AvgIpc) is 1.84. The zero-order valence-corrected chi connectivity index (χ0v) is 6.00. The van der Waals surface area contributed by atoms with E-state index < -0.39 is 17.9 Å². The minimum Gasteiger partial charge on any atom is -0.480 e. The number of rotatable bonds is 3. The van der Waals surface area contributed by atoms with Crippen molar-refractivity contribution in [2.45, 2.75) is 19.9 Å². The molecule has 4 heteroatoms. The standard InChI is InChI=1S/C6H11NO3/c1-3(4(2)8)5(7)6(9)10/h3,5H,7H2,1-2H3,(H,9,10)/t3-,5?/m0/s1. The van der Waals surface area contributed by atoms with E-state index in [0.29, 0.717) is 0 Å². The first-order valence-corrected chi connectivity index (χ1v) is 2.95. The van der Waals surface area contributed by atoms with E-state index in [4.69, 9.17) is 10.8 Å². The predicted octanol–water partition coefficient (Wildman–Crippen LogP) is -0.377. The van der Waals surface area contributed by atoms with Crippen molar-refractivity contribution in [3.05, 3.63) is 0 Å². The Kier molecular flexibility index (Phi) is 3.02. The van der Waals surface area contributed by atoms with Crippen LogP contribution < -0.4 is 5.73 Å².